The van der Waals surface area contributed by atoms with Gasteiger partial charge in [0.1, 0.15) is 11.6 Å². The Kier molecular flexibility index (Phi) is 4.97. The van der Waals surface area contributed by atoms with Crippen LogP contribution in [0.3, 0.4) is 0 Å². The number of amides is 1. The molecule has 0 radical (unpaired) electrons. The number of aliphatic carboxylic acids is 1. The van der Waals surface area contributed by atoms with Gasteiger partial charge in [-0.05, 0) is 31.0 Å². The quantitative estimate of drug-likeness (QED) is 0.859. The Labute approximate surface area is 127 Å². The molecule has 1 aromatic rings. The molecule has 0 aliphatic carbocycles. The molecule has 0 spiro atoms. The first-order chi connectivity index (χ1) is 10.5. The van der Waals surface area contributed by atoms with Crippen molar-refractivity contribution in [2.45, 2.75) is 12.8 Å². The number of methoxy groups -OCH3 is 1. The van der Waals surface area contributed by atoms with Crippen LogP contribution in [0.2, 0.25) is 0 Å². The van der Waals surface area contributed by atoms with Crippen LogP contribution in [0.25, 0.3) is 0 Å². The van der Waals surface area contributed by atoms with Gasteiger partial charge < -0.3 is 19.9 Å². The summed E-state index contributed by atoms with van der Waals surface area (Å²) < 4.78 is 23.5. The minimum absolute atomic E-state index is 0.0371. The zero-order valence-corrected chi connectivity index (χ0v) is 12.2. The number of carbonyl (C=O) groups is 2. The van der Waals surface area contributed by atoms with Crippen molar-refractivity contribution < 1.29 is 28.6 Å². The minimum atomic E-state index is -1.05. The van der Waals surface area contributed by atoms with E-state index in [9.17, 15) is 19.1 Å². The number of nitrogens with one attached hydrogen (secondary N) is 1. The monoisotopic (exact) mass is 311 g/mol. The molecule has 7 heteroatoms. The Morgan fingerprint density at radius 3 is 2.68 bits per heavy atom. The molecule has 0 saturated carbocycles. The highest BCUT2D eigenvalue weighted by atomic mass is 19.1. The summed E-state index contributed by atoms with van der Waals surface area (Å²) in [6.45, 7) is 0.640. The molecule has 22 heavy (non-hydrogen) atoms. The zero-order valence-electron chi connectivity index (χ0n) is 12.2. The second-order valence-corrected chi connectivity index (χ2v) is 5.23. The molecule has 2 N–H and O–H groups in total. The minimum Gasteiger partial charge on any atom is -0.496 e. The van der Waals surface area contributed by atoms with Gasteiger partial charge in [-0.1, -0.05) is 0 Å². The van der Waals surface area contributed by atoms with Crippen molar-refractivity contribution in [1.29, 1.82) is 0 Å². The van der Waals surface area contributed by atoms with E-state index >= 15 is 0 Å². The number of carbonyl (C=O) groups excluding carboxylic acids is 1. The van der Waals surface area contributed by atoms with Crippen molar-refractivity contribution in [2.24, 2.45) is 5.41 Å². The third-order valence-corrected chi connectivity index (χ3v) is 3.90. The van der Waals surface area contributed by atoms with Crippen LogP contribution < -0.4 is 10.1 Å². The van der Waals surface area contributed by atoms with Crippen molar-refractivity contribution in [3.05, 3.63) is 29.6 Å². The lowest BCUT2D eigenvalue weighted by molar-refractivity contribution is -0.154. The number of rotatable bonds is 5. The molecule has 0 atom stereocenters. The van der Waals surface area contributed by atoms with Crippen LogP contribution in [0.4, 0.5) is 4.39 Å². The summed E-state index contributed by atoms with van der Waals surface area (Å²) in [4.78, 5) is 23.7. The molecule has 1 aliphatic heterocycles. The number of benzene rings is 1. The van der Waals surface area contributed by atoms with Gasteiger partial charge in [-0.25, -0.2) is 4.39 Å². The molecule has 0 bridgehead atoms. The highest BCUT2D eigenvalue weighted by Crippen LogP contribution is 2.30. The van der Waals surface area contributed by atoms with Crippen molar-refractivity contribution >= 4 is 11.9 Å². The Morgan fingerprint density at radius 1 is 1.41 bits per heavy atom. The number of carboxylic acids is 1. The summed E-state index contributed by atoms with van der Waals surface area (Å²) in [7, 11) is 1.38. The van der Waals surface area contributed by atoms with Crippen molar-refractivity contribution in [3.8, 4) is 5.75 Å². The van der Waals surface area contributed by atoms with Gasteiger partial charge in [0.25, 0.3) is 5.91 Å². The maximum Gasteiger partial charge on any atom is 0.311 e. The summed E-state index contributed by atoms with van der Waals surface area (Å²) in [5.41, 5.74) is -1.01. The van der Waals surface area contributed by atoms with Crippen LogP contribution in [0.5, 0.6) is 5.75 Å². The van der Waals surface area contributed by atoms with Crippen molar-refractivity contribution in [2.75, 3.05) is 26.9 Å². The summed E-state index contributed by atoms with van der Waals surface area (Å²) >= 11 is 0. The topological polar surface area (TPSA) is 84.9 Å². The average molecular weight is 311 g/mol. The van der Waals surface area contributed by atoms with Crippen LogP contribution in [0, 0.1) is 11.2 Å². The van der Waals surface area contributed by atoms with Gasteiger partial charge in [0.2, 0.25) is 0 Å². The number of hydrogen-bond donors (Lipinski definition) is 2. The fraction of sp³-hybridized carbons (Fsp3) is 0.467. The summed E-state index contributed by atoms with van der Waals surface area (Å²) in [6, 6.07) is 3.60. The lowest BCUT2D eigenvalue weighted by atomic mass is 9.80. The first-order valence-electron chi connectivity index (χ1n) is 6.91. The van der Waals surface area contributed by atoms with Gasteiger partial charge in [-0.2, -0.15) is 0 Å². The van der Waals surface area contributed by atoms with Crippen LogP contribution >= 0.6 is 0 Å². The van der Waals surface area contributed by atoms with Crippen molar-refractivity contribution in [1.82, 2.24) is 5.32 Å². The molecule has 0 aromatic heterocycles. The fourth-order valence-corrected chi connectivity index (χ4v) is 2.43. The zero-order chi connectivity index (χ0) is 16.2. The highest BCUT2D eigenvalue weighted by Gasteiger charge is 2.40. The van der Waals surface area contributed by atoms with Gasteiger partial charge in [0.05, 0.1) is 18.1 Å². The van der Waals surface area contributed by atoms with E-state index < -0.39 is 23.1 Å². The maximum atomic E-state index is 13.3. The lowest BCUT2D eigenvalue weighted by Crippen LogP contribution is -2.46. The second kappa shape index (κ2) is 6.74. The Hall–Kier alpha value is -2.15. The summed E-state index contributed by atoms with van der Waals surface area (Å²) in [5, 5.41) is 12.0. The molecule has 0 unspecified atom stereocenters. The number of ether oxygens (including phenoxy) is 2. The van der Waals surface area contributed by atoms with E-state index in [0.717, 1.165) is 6.07 Å². The molecule has 120 valence electrons. The highest BCUT2D eigenvalue weighted by molar-refractivity contribution is 5.97. The van der Waals surface area contributed by atoms with Gasteiger partial charge in [0, 0.05) is 19.8 Å². The van der Waals surface area contributed by atoms with E-state index in [4.69, 9.17) is 9.47 Å². The summed E-state index contributed by atoms with van der Waals surface area (Å²) in [5.74, 6) is -1.87. The molecule has 2 rings (SSSR count). The maximum absolute atomic E-state index is 13.3. The first-order valence-corrected chi connectivity index (χ1v) is 6.91. The molecule has 1 amide bonds. The molecule has 1 heterocycles. The van der Waals surface area contributed by atoms with E-state index in [1.165, 1.54) is 19.2 Å². The van der Waals surface area contributed by atoms with E-state index in [2.05, 4.69) is 5.32 Å². The van der Waals surface area contributed by atoms with E-state index in [1.807, 2.05) is 0 Å². The second-order valence-electron chi connectivity index (χ2n) is 5.23. The molecule has 1 fully saturated rings. The molecule has 6 nitrogen and oxygen atoms in total. The number of carboxylic acid groups (broad SMARTS) is 1. The average Bonchev–Trinajstić information content (AvgIpc) is 2.53. The third kappa shape index (κ3) is 3.36. The molecule has 1 saturated heterocycles. The SMILES string of the molecule is COc1ccc(F)cc1C(=O)NCC1(C(=O)O)CCOCC1. The van der Waals surface area contributed by atoms with Crippen molar-refractivity contribution in [3.63, 3.8) is 0 Å². The predicted molar refractivity (Wildman–Crippen MR) is 75.4 cm³/mol. The first kappa shape index (κ1) is 16.2. The number of halogens is 1. The molecular weight excluding hydrogens is 293 g/mol. The van der Waals surface area contributed by atoms with E-state index in [1.54, 1.807) is 0 Å². The molecule has 1 aliphatic rings. The lowest BCUT2D eigenvalue weighted by Gasteiger charge is -2.33. The molecule has 1 aromatic carbocycles. The summed E-state index contributed by atoms with van der Waals surface area (Å²) in [6.07, 6.45) is 0.645. The largest absolute Gasteiger partial charge is 0.496 e. The van der Waals surface area contributed by atoms with E-state index in [0.29, 0.717) is 26.1 Å². The normalized spacial score (nSPS) is 16.8. The van der Waals surface area contributed by atoms with Crippen LogP contribution in [-0.2, 0) is 9.53 Å². The fourth-order valence-electron chi connectivity index (χ4n) is 2.43. The Bertz CT molecular complexity index is 569. The predicted octanol–water partition coefficient (Wildman–Crippen LogP) is 1.45. The van der Waals surface area contributed by atoms with Crippen LogP contribution in [0.1, 0.15) is 23.2 Å². The smallest absolute Gasteiger partial charge is 0.311 e. The van der Waals surface area contributed by atoms with Crippen LogP contribution in [0.15, 0.2) is 18.2 Å². The van der Waals surface area contributed by atoms with Gasteiger partial charge in [0.15, 0.2) is 0 Å². The van der Waals surface area contributed by atoms with E-state index in [-0.39, 0.29) is 17.9 Å². The van der Waals surface area contributed by atoms with Gasteiger partial charge in [-0.3, -0.25) is 9.59 Å². The van der Waals surface area contributed by atoms with Gasteiger partial charge >= 0.3 is 5.97 Å². The third-order valence-electron chi connectivity index (χ3n) is 3.90. The molecular formula is C15H18FNO5. The van der Waals surface area contributed by atoms with Crippen LogP contribution in [-0.4, -0.2) is 43.9 Å². The standard InChI is InChI=1S/C15H18FNO5/c1-21-12-3-2-10(16)8-11(12)13(18)17-9-15(14(19)20)4-6-22-7-5-15/h2-3,8H,4-7,9H2,1H3,(H,17,18)(H,19,20). The Morgan fingerprint density at radius 2 is 2.09 bits per heavy atom. The Balaban J connectivity index is 2.11. The van der Waals surface area contributed by atoms with Gasteiger partial charge in [-0.15, -0.1) is 0 Å². The number of hydrogen-bond acceptors (Lipinski definition) is 4.